The van der Waals surface area contributed by atoms with Crippen molar-refractivity contribution in [3.05, 3.63) is 45.8 Å². The fourth-order valence-electron chi connectivity index (χ4n) is 2.72. The van der Waals surface area contributed by atoms with E-state index in [9.17, 15) is 12.8 Å². The van der Waals surface area contributed by atoms with Crippen LogP contribution >= 0.6 is 0 Å². The second-order valence-electron chi connectivity index (χ2n) is 5.38. The van der Waals surface area contributed by atoms with Gasteiger partial charge in [-0.25, -0.2) is 13.1 Å². The van der Waals surface area contributed by atoms with Crippen LogP contribution in [-0.4, -0.2) is 34.0 Å². The molecule has 0 radical (unpaired) electrons. The van der Waals surface area contributed by atoms with Crippen molar-refractivity contribution >= 4 is 10.0 Å². The first kappa shape index (κ1) is 17.7. The third-order valence-corrected chi connectivity index (χ3v) is 5.33. The van der Waals surface area contributed by atoms with Crippen LogP contribution in [0.1, 0.15) is 36.1 Å². The molecule has 1 aromatic carbocycles. The maximum absolute atomic E-state index is 13.0. The van der Waals surface area contributed by atoms with Crippen LogP contribution in [0.2, 0.25) is 0 Å². The lowest BCUT2D eigenvalue weighted by Gasteiger charge is -2.25. The van der Waals surface area contributed by atoms with Gasteiger partial charge in [-0.2, -0.15) is 0 Å². The van der Waals surface area contributed by atoms with Gasteiger partial charge < -0.3 is 4.74 Å². The van der Waals surface area contributed by atoms with Gasteiger partial charge in [0.25, 0.3) is 0 Å². The molecule has 7 nitrogen and oxygen atoms in total. The normalized spacial score (nSPS) is 22.8. The molecule has 0 spiro atoms. The second-order valence-corrected chi connectivity index (χ2v) is 7.25. The maximum Gasteiger partial charge on any atom is 0.212 e. The summed E-state index contributed by atoms with van der Waals surface area (Å²) in [5, 5.41) is 3.41. The van der Waals surface area contributed by atoms with Gasteiger partial charge in [0.05, 0.1) is 17.9 Å². The summed E-state index contributed by atoms with van der Waals surface area (Å²) >= 11 is 0. The Bertz CT molecular complexity index is 674. The van der Waals surface area contributed by atoms with Gasteiger partial charge in [-0.15, -0.1) is 0 Å². The van der Waals surface area contributed by atoms with E-state index in [4.69, 9.17) is 10.3 Å². The summed E-state index contributed by atoms with van der Waals surface area (Å²) < 4.78 is 44.2. The van der Waals surface area contributed by atoms with E-state index in [0.717, 1.165) is 12.0 Å². The number of halogens is 1. The molecule has 126 valence electrons. The summed E-state index contributed by atoms with van der Waals surface area (Å²) in [6.07, 6.45) is 0.662. The average Bonchev–Trinajstić information content (AvgIpc) is 2.54. The summed E-state index contributed by atoms with van der Waals surface area (Å²) in [6.45, 7) is -0.827. The molecule has 1 aliphatic rings. The molecule has 1 saturated heterocycles. The van der Waals surface area contributed by atoms with Crippen LogP contribution in [0, 0.1) is 0 Å². The number of hydrogen-bond donors (Lipinski definition) is 1. The molecule has 2 rings (SSSR count). The standard InChI is InChI=1S/C14H19FN4O3S/c1-22-14(13(9-15)17-19-16)11-6-4-10(5-7-11)12-3-2-8-23(20,21)18-12/h4-7,12-14,18H,2-3,8-9H2,1H3/t12?,13-,14-/m1/s1. The maximum atomic E-state index is 13.0. The van der Waals surface area contributed by atoms with Crippen LogP contribution in [-0.2, 0) is 14.8 Å². The van der Waals surface area contributed by atoms with Gasteiger partial charge in [0.1, 0.15) is 6.67 Å². The molecule has 1 heterocycles. The van der Waals surface area contributed by atoms with Crippen molar-refractivity contribution in [3.8, 4) is 0 Å². The van der Waals surface area contributed by atoms with Gasteiger partial charge in [0.15, 0.2) is 0 Å². The van der Waals surface area contributed by atoms with Crippen LogP contribution in [0.25, 0.3) is 10.4 Å². The topological polar surface area (TPSA) is 104 Å². The van der Waals surface area contributed by atoms with Crippen molar-refractivity contribution in [2.24, 2.45) is 5.11 Å². The van der Waals surface area contributed by atoms with Crippen LogP contribution < -0.4 is 4.72 Å². The zero-order valence-corrected chi connectivity index (χ0v) is 13.5. The Morgan fingerprint density at radius 3 is 2.70 bits per heavy atom. The zero-order chi connectivity index (χ0) is 16.9. The van der Waals surface area contributed by atoms with Crippen molar-refractivity contribution in [1.29, 1.82) is 0 Å². The van der Waals surface area contributed by atoms with Gasteiger partial charge in [-0.05, 0) is 29.5 Å². The first-order valence-corrected chi connectivity index (χ1v) is 8.89. The van der Waals surface area contributed by atoms with E-state index in [1.165, 1.54) is 7.11 Å². The molecule has 1 aromatic rings. The number of rotatable bonds is 6. The lowest BCUT2D eigenvalue weighted by atomic mass is 9.98. The third-order valence-electron chi connectivity index (χ3n) is 3.86. The number of ether oxygens (including phenoxy) is 1. The Morgan fingerprint density at radius 2 is 2.17 bits per heavy atom. The lowest BCUT2D eigenvalue weighted by Crippen LogP contribution is -2.35. The smallest absolute Gasteiger partial charge is 0.212 e. The largest absolute Gasteiger partial charge is 0.376 e. The molecule has 1 fully saturated rings. The number of hydrogen-bond acceptors (Lipinski definition) is 4. The first-order chi connectivity index (χ1) is 11.0. The molecule has 0 amide bonds. The fraction of sp³-hybridized carbons (Fsp3) is 0.571. The van der Waals surface area contributed by atoms with E-state index < -0.39 is 28.8 Å². The zero-order valence-electron chi connectivity index (χ0n) is 12.7. The van der Waals surface area contributed by atoms with E-state index in [-0.39, 0.29) is 11.8 Å². The van der Waals surface area contributed by atoms with Gasteiger partial charge in [-0.1, -0.05) is 29.4 Å². The highest BCUT2D eigenvalue weighted by molar-refractivity contribution is 7.89. The summed E-state index contributed by atoms with van der Waals surface area (Å²) in [5.41, 5.74) is 10.0. The number of alkyl halides is 1. The predicted molar refractivity (Wildman–Crippen MR) is 84.0 cm³/mol. The molecule has 0 aromatic heterocycles. The number of benzene rings is 1. The minimum atomic E-state index is -3.22. The molecule has 3 atom stereocenters. The second kappa shape index (κ2) is 7.74. The van der Waals surface area contributed by atoms with Crippen LogP contribution in [0.15, 0.2) is 29.4 Å². The molecule has 9 heteroatoms. The Kier molecular flexibility index (Phi) is 5.95. The molecular weight excluding hydrogens is 323 g/mol. The van der Waals surface area contributed by atoms with Crippen LogP contribution in [0.4, 0.5) is 4.39 Å². The Hall–Kier alpha value is -1.67. The summed E-state index contributed by atoms with van der Waals surface area (Å²) in [7, 11) is -1.80. The van der Waals surface area contributed by atoms with Gasteiger partial charge in [-0.3, -0.25) is 4.39 Å². The van der Waals surface area contributed by atoms with Gasteiger partial charge in [0.2, 0.25) is 10.0 Å². The molecule has 0 bridgehead atoms. The summed E-state index contributed by atoms with van der Waals surface area (Å²) in [4.78, 5) is 2.64. The number of nitrogens with one attached hydrogen (secondary N) is 1. The molecule has 1 aliphatic heterocycles. The highest BCUT2D eigenvalue weighted by Gasteiger charge is 2.26. The SMILES string of the molecule is CO[C@H](c1ccc(C2CCCS(=O)(=O)N2)cc1)[C@@H](CF)N=[N+]=[N-]. The lowest BCUT2D eigenvalue weighted by molar-refractivity contribution is 0.0722. The van der Waals surface area contributed by atoms with Crippen molar-refractivity contribution in [2.75, 3.05) is 19.5 Å². The van der Waals surface area contributed by atoms with E-state index in [1.54, 1.807) is 24.3 Å². The molecule has 1 N–H and O–H groups in total. The number of methoxy groups -OCH3 is 1. The molecule has 1 unspecified atom stereocenters. The van der Waals surface area contributed by atoms with Crippen molar-refractivity contribution < 1.29 is 17.5 Å². The predicted octanol–water partition coefficient (Wildman–Crippen LogP) is 2.78. The molecular formula is C14H19FN4O3S. The quantitative estimate of drug-likeness (QED) is 0.488. The van der Waals surface area contributed by atoms with Gasteiger partial charge in [0, 0.05) is 18.1 Å². The Labute approximate surface area is 134 Å². The number of nitrogens with zero attached hydrogens (tertiary/aromatic N) is 3. The van der Waals surface area contributed by atoms with E-state index in [1.807, 2.05) is 0 Å². The summed E-state index contributed by atoms with van der Waals surface area (Å²) in [6, 6.07) is 5.85. The van der Waals surface area contributed by atoms with Crippen LogP contribution in [0.5, 0.6) is 0 Å². The van der Waals surface area contributed by atoms with Crippen molar-refractivity contribution in [1.82, 2.24) is 4.72 Å². The highest BCUT2D eigenvalue weighted by atomic mass is 32.2. The fourth-order valence-corrected chi connectivity index (χ4v) is 4.07. The molecule has 23 heavy (non-hydrogen) atoms. The van der Waals surface area contributed by atoms with Crippen molar-refractivity contribution in [3.63, 3.8) is 0 Å². The van der Waals surface area contributed by atoms with Gasteiger partial charge >= 0.3 is 0 Å². The first-order valence-electron chi connectivity index (χ1n) is 7.23. The minimum Gasteiger partial charge on any atom is -0.376 e. The number of azide groups is 1. The Balaban J connectivity index is 2.19. The van der Waals surface area contributed by atoms with E-state index >= 15 is 0 Å². The highest BCUT2D eigenvalue weighted by Crippen LogP contribution is 2.28. The van der Waals surface area contributed by atoms with Crippen molar-refractivity contribution in [2.45, 2.75) is 31.0 Å². The third kappa shape index (κ3) is 4.42. The molecule has 0 saturated carbocycles. The monoisotopic (exact) mass is 342 g/mol. The minimum absolute atomic E-state index is 0.150. The Morgan fingerprint density at radius 1 is 1.48 bits per heavy atom. The summed E-state index contributed by atoms with van der Waals surface area (Å²) in [5.74, 6) is 0.150. The van der Waals surface area contributed by atoms with E-state index in [2.05, 4.69) is 14.7 Å². The average molecular weight is 342 g/mol. The molecule has 0 aliphatic carbocycles. The van der Waals surface area contributed by atoms with E-state index in [0.29, 0.717) is 12.0 Å². The van der Waals surface area contributed by atoms with Crippen LogP contribution in [0.3, 0.4) is 0 Å². The number of sulfonamides is 1.